The van der Waals surface area contributed by atoms with E-state index < -0.39 is 11.9 Å². The second kappa shape index (κ2) is 5.52. The van der Waals surface area contributed by atoms with Gasteiger partial charge in [-0.25, -0.2) is 4.98 Å². The fourth-order valence-electron chi connectivity index (χ4n) is 3.54. The van der Waals surface area contributed by atoms with Crippen molar-refractivity contribution < 1.29 is 13.2 Å². The first-order valence-corrected chi connectivity index (χ1v) is 8.14. The zero-order valence-electron chi connectivity index (χ0n) is 12.2. The van der Waals surface area contributed by atoms with Crippen molar-refractivity contribution in [3.8, 4) is 0 Å². The molecule has 2 bridgehead atoms. The molecule has 3 rings (SSSR count). The number of aryl methyl sites for hydroxylation is 1. The van der Waals surface area contributed by atoms with Gasteiger partial charge in [0, 0.05) is 24.7 Å². The minimum absolute atomic E-state index is 0.338. The van der Waals surface area contributed by atoms with Crippen LogP contribution in [0.15, 0.2) is 0 Å². The summed E-state index contributed by atoms with van der Waals surface area (Å²) in [5, 5.41) is 4.04. The summed E-state index contributed by atoms with van der Waals surface area (Å²) in [7, 11) is 1.94. The molecule has 118 valence electrons. The first kappa shape index (κ1) is 15.2. The molecular formula is C14H20F3N3S. The van der Waals surface area contributed by atoms with E-state index in [9.17, 15) is 13.2 Å². The van der Waals surface area contributed by atoms with Crippen molar-refractivity contribution in [1.82, 2.24) is 15.2 Å². The molecule has 2 atom stereocenters. The minimum atomic E-state index is -4.35. The highest BCUT2D eigenvalue weighted by Crippen LogP contribution is 2.36. The molecule has 0 amide bonds. The lowest BCUT2D eigenvalue weighted by atomic mass is 9.98. The Hall–Kier alpha value is -0.660. The Morgan fingerprint density at radius 3 is 2.48 bits per heavy atom. The summed E-state index contributed by atoms with van der Waals surface area (Å²) in [5.74, 6) is 0. The Morgan fingerprint density at radius 2 is 1.90 bits per heavy atom. The highest BCUT2D eigenvalue weighted by molar-refractivity contribution is 7.11. The number of aromatic nitrogens is 1. The van der Waals surface area contributed by atoms with E-state index in [4.69, 9.17) is 0 Å². The Bertz CT molecular complexity index is 502. The van der Waals surface area contributed by atoms with Crippen LogP contribution in [0.1, 0.15) is 41.3 Å². The lowest BCUT2D eigenvalue weighted by Gasteiger charge is -2.35. The molecule has 2 saturated heterocycles. The zero-order valence-corrected chi connectivity index (χ0v) is 13.0. The molecule has 2 fully saturated rings. The van der Waals surface area contributed by atoms with Gasteiger partial charge in [0.1, 0.15) is 0 Å². The molecule has 1 N–H and O–H groups in total. The number of hydrogen-bond donors (Lipinski definition) is 1. The highest BCUT2D eigenvalue weighted by Gasteiger charge is 2.39. The van der Waals surface area contributed by atoms with Gasteiger partial charge in [0.25, 0.3) is 0 Å². The summed E-state index contributed by atoms with van der Waals surface area (Å²) < 4.78 is 39.0. The first-order chi connectivity index (χ1) is 9.83. The molecule has 7 heteroatoms. The van der Waals surface area contributed by atoms with Gasteiger partial charge in [-0.1, -0.05) is 0 Å². The second-order valence-electron chi connectivity index (χ2n) is 6.18. The molecule has 1 aromatic rings. The van der Waals surface area contributed by atoms with E-state index in [1.807, 2.05) is 7.05 Å². The van der Waals surface area contributed by atoms with E-state index in [2.05, 4.69) is 15.2 Å². The van der Waals surface area contributed by atoms with Crippen LogP contribution in [0, 0.1) is 6.92 Å². The molecule has 3 nitrogen and oxygen atoms in total. The number of piperidine rings is 1. The lowest BCUT2D eigenvalue weighted by molar-refractivity contribution is -0.141. The van der Waals surface area contributed by atoms with Gasteiger partial charge in [0.15, 0.2) is 5.69 Å². The number of thiazole rings is 1. The Kier molecular flexibility index (Phi) is 4.00. The van der Waals surface area contributed by atoms with Crippen LogP contribution in [-0.4, -0.2) is 35.1 Å². The van der Waals surface area contributed by atoms with E-state index in [1.54, 1.807) is 6.92 Å². The summed E-state index contributed by atoms with van der Waals surface area (Å²) in [6.07, 6.45) is 0.108. The summed E-state index contributed by atoms with van der Waals surface area (Å²) in [6, 6.07) is 1.45. The summed E-state index contributed by atoms with van der Waals surface area (Å²) in [4.78, 5) is 6.10. The molecule has 21 heavy (non-hydrogen) atoms. The van der Waals surface area contributed by atoms with E-state index in [1.165, 1.54) is 12.8 Å². The van der Waals surface area contributed by atoms with E-state index in [-0.39, 0.29) is 0 Å². The van der Waals surface area contributed by atoms with E-state index in [0.29, 0.717) is 34.6 Å². The van der Waals surface area contributed by atoms with Crippen LogP contribution in [0.3, 0.4) is 0 Å². The van der Waals surface area contributed by atoms with Crippen molar-refractivity contribution in [3.63, 3.8) is 0 Å². The van der Waals surface area contributed by atoms with Gasteiger partial charge in [-0.15, -0.1) is 11.3 Å². The number of rotatable bonds is 3. The van der Waals surface area contributed by atoms with Crippen LogP contribution in [0.25, 0.3) is 0 Å². The topological polar surface area (TPSA) is 28.2 Å². The number of fused-ring (bicyclic) bond motifs is 2. The number of nitrogens with zero attached hydrogens (tertiary/aromatic N) is 2. The maximum atomic E-state index is 13.0. The molecular weight excluding hydrogens is 299 g/mol. The van der Waals surface area contributed by atoms with Crippen molar-refractivity contribution >= 4 is 11.3 Å². The van der Waals surface area contributed by atoms with Gasteiger partial charge < -0.3 is 5.32 Å². The van der Waals surface area contributed by atoms with E-state index in [0.717, 1.165) is 24.2 Å². The molecule has 2 aliphatic rings. The molecule has 0 spiro atoms. The van der Waals surface area contributed by atoms with Crippen LogP contribution in [0.5, 0.6) is 0 Å². The predicted octanol–water partition coefficient (Wildman–Crippen LogP) is 3.19. The van der Waals surface area contributed by atoms with Crippen molar-refractivity contribution in [2.45, 2.75) is 63.5 Å². The maximum absolute atomic E-state index is 13.0. The number of halogens is 3. The summed E-state index contributed by atoms with van der Waals surface area (Å²) in [5.41, 5.74) is -0.700. The Labute approximate surface area is 126 Å². The second-order valence-corrected chi connectivity index (χ2v) is 7.47. The van der Waals surface area contributed by atoms with Crippen LogP contribution < -0.4 is 5.32 Å². The molecule has 0 radical (unpaired) electrons. The van der Waals surface area contributed by atoms with Gasteiger partial charge in [-0.05, 0) is 39.7 Å². The minimum Gasteiger partial charge on any atom is -0.311 e. The SMILES string of the molecule is Cc1nc(C(F)(F)F)c(CN(C)C2CC3CCC(C2)N3)s1. The van der Waals surface area contributed by atoms with Gasteiger partial charge in [0.05, 0.1) is 9.88 Å². The smallest absolute Gasteiger partial charge is 0.311 e. The van der Waals surface area contributed by atoms with Gasteiger partial charge in [-0.2, -0.15) is 13.2 Å². The largest absolute Gasteiger partial charge is 0.434 e. The monoisotopic (exact) mass is 319 g/mol. The van der Waals surface area contributed by atoms with Gasteiger partial charge in [-0.3, -0.25) is 4.90 Å². The third-order valence-corrected chi connectivity index (χ3v) is 5.49. The molecule has 3 heterocycles. The van der Waals surface area contributed by atoms with E-state index >= 15 is 0 Å². The molecule has 1 aromatic heterocycles. The van der Waals surface area contributed by atoms with Crippen molar-refractivity contribution in [1.29, 1.82) is 0 Å². The number of nitrogens with one attached hydrogen (secondary N) is 1. The summed E-state index contributed by atoms with van der Waals surface area (Å²) >= 11 is 1.16. The van der Waals surface area contributed by atoms with Crippen LogP contribution in [-0.2, 0) is 12.7 Å². The van der Waals surface area contributed by atoms with Gasteiger partial charge >= 0.3 is 6.18 Å². The Morgan fingerprint density at radius 1 is 1.29 bits per heavy atom. The normalized spacial score (nSPS) is 29.3. The molecule has 2 aliphatic heterocycles. The average molecular weight is 319 g/mol. The lowest BCUT2D eigenvalue weighted by Crippen LogP contribution is -2.46. The molecule has 0 aliphatic carbocycles. The Balaban J connectivity index is 1.71. The first-order valence-electron chi connectivity index (χ1n) is 7.32. The average Bonchev–Trinajstić information content (AvgIpc) is 2.91. The molecule has 0 aromatic carbocycles. The number of hydrogen-bond acceptors (Lipinski definition) is 4. The van der Waals surface area contributed by atoms with Crippen molar-refractivity contribution in [3.05, 3.63) is 15.6 Å². The maximum Gasteiger partial charge on any atom is 0.434 e. The van der Waals surface area contributed by atoms with Crippen LogP contribution in [0.4, 0.5) is 13.2 Å². The third kappa shape index (κ3) is 3.24. The number of alkyl halides is 3. The predicted molar refractivity (Wildman–Crippen MR) is 76.3 cm³/mol. The van der Waals surface area contributed by atoms with Crippen LogP contribution >= 0.6 is 11.3 Å². The highest BCUT2D eigenvalue weighted by atomic mass is 32.1. The molecule has 2 unspecified atom stereocenters. The quantitative estimate of drug-likeness (QED) is 0.927. The fraction of sp³-hybridized carbons (Fsp3) is 0.786. The van der Waals surface area contributed by atoms with Gasteiger partial charge in [0.2, 0.25) is 0 Å². The van der Waals surface area contributed by atoms with Crippen molar-refractivity contribution in [2.75, 3.05) is 7.05 Å². The fourth-order valence-corrected chi connectivity index (χ4v) is 4.56. The van der Waals surface area contributed by atoms with Crippen molar-refractivity contribution in [2.24, 2.45) is 0 Å². The van der Waals surface area contributed by atoms with Crippen LogP contribution in [0.2, 0.25) is 0 Å². The standard InChI is InChI=1S/C14H20F3N3S/c1-8-18-13(14(15,16)17)12(21-8)7-20(2)11-5-9-3-4-10(6-11)19-9/h9-11,19H,3-7H2,1-2H3. The molecule has 0 saturated carbocycles. The zero-order chi connectivity index (χ0) is 15.2. The third-order valence-electron chi connectivity index (χ3n) is 4.54. The summed E-state index contributed by atoms with van der Waals surface area (Å²) in [6.45, 7) is 1.97.